The second-order valence-electron chi connectivity index (χ2n) is 7.72. The minimum atomic E-state index is -1.70. The number of aryl methyl sites for hydroxylation is 1. The van der Waals surface area contributed by atoms with Crippen molar-refractivity contribution in [3.05, 3.63) is 35.9 Å². The summed E-state index contributed by atoms with van der Waals surface area (Å²) < 4.78 is 12.1. The third-order valence-corrected chi connectivity index (χ3v) is 9.33. The van der Waals surface area contributed by atoms with Crippen LogP contribution < -0.4 is 0 Å². The van der Waals surface area contributed by atoms with Crippen molar-refractivity contribution in [3.63, 3.8) is 0 Å². The summed E-state index contributed by atoms with van der Waals surface area (Å²) in [5.41, 5.74) is 1.40. The predicted octanol–water partition coefficient (Wildman–Crippen LogP) is 4.80. The number of benzene rings is 1. The highest BCUT2D eigenvalue weighted by Gasteiger charge is 2.40. The van der Waals surface area contributed by atoms with Crippen LogP contribution in [0.25, 0.3) is 0 Å². The maximum atomic E-state index is 6.63. The summed E-state index contributed by atoms with van der Waals surface area (Å²) in [5.74, 6) is 0. The van der Waals surface area contributed by atoms with Gasteiger partial charge in [0.1, 0.15) is 0 Å². The summed E-state index contributed by atoms with van der Waals surface area (Å²) in [7, 11) is -1.70. The first-order chi connectivity index (χ1) is 9.78. The van der Waals surface area contributed by atoms with Gasteiger partial charge in [-0.15, -0.1) is 0 Å². The number of epoxide rings is 1. The van der Waals surface area contributed by atoms with E-state index in [-0.39, 0.29) is 5.04 Å². The Labute approximate surface area is 131 Å². The van der Waals surface area contributed by atoms with E-state index in [0.29, 0.717) is 12.2 Å². The van der Waals surface area contributed by atoms with Crippen LogP contribution in [-0.2, 0) is 15.6 Å². The molecular weight excluding hydrogens is 276 g/mol. The summed E-state index contributed by atoms with van der Waals surface area (Å²) in [6.07, 6.45) is 4.01. The molecule has 0 radical (unpaired) electrons. The van der Waals surface area contributed by atoms with Crippen LogP contribution in [0, 0.1) is 0 Å². The Morgan fingerprint density at radius 3 is 2.38 bits per heavy atom. The molecule has 2 nitrogen and oxygen atoms in total. The van der Waals surface area contributed by atoms with Gasteiger partial charge in [-0.3, -0.25) is 0 Å². The zero-order valence-corrected chi connectivity index (χ0v) is 15.2. The lowest BCUT2D eigenvalue weighted by molar-refractivity contribution is 0.150. The van der Waals surface area contributed by atoms with E-state index in [1.807, 2.05) is 0 Å². The quantitative estimate of drug-likeness (QED) is 0.533. The molecule has 118 valence electrons. The van der Waals surface area contributed by atoms with Gasteiger partial charge in [0.15, 0.2) is 8.32 Å². The van der Waals surface area contributed by atoms with Gasteiger partial charge in [0.05, 0.1) is 12.7 Å². The second-order valence-corrected chi connectivity index (χ2v) is 12.5. The van der Waals surface area contributed by atoms with E-state index >= 15 is 0 Å². The molecule has 0 aromatic heterocycles. The van der Waals surface area contributed by atoms with Crippen molar-refractivity contribution in [2.45, 2.75) is 70.4 Å². The largest absolute Gasteiger partial charge is 0.414 e. The standard InChI is InChI=1S/C18H30O2Si/c1-18(2,3)21(4,5)20-16(13-17-14-19-17)12-11-15-9-7-6-8-10-15/h6-10,16-17H,11-14H2,1-5H3/t16-,17-/m1/s1. The van der Waals surface area contributed by atoms with Crippen LogP contribution in [0.4, 0.5) is 0 Å². The molecule has 1 aliphatic heterocycles. The van der Waals surface area contributed by atoms with Crippen LogP contribution in [0.15, 0.2) is 30.3 Å². The maximum absolute atomic E-state index is 6.63. The van der Waals surface area contributed by atoms with E-state index in [1.165, 1.54) is 5.56 Å². The number of ether oxygens (including phenoxy) is 1. The lowest BCUT2D eigenvalue weighted by Gasteiger charge is -2.39. The van der Waals surface area contributed by atoms with E-state index in [2.05, 4.69) is 64.2 Å². The maximum Gasteiger partial charge on any atom is 0.192 e. The summed E-state index contributed by atoms with van der Waals surface area (Å²) in [6.45, 7) is 12.5. The Morgan fingerprint density at radius 1 is 1.24 bits per heavy atom. The second kappa shape index (κ2) is 6.63. The van der Waals surface area contributed by atoms with Crippen molar-refractivity contribution < 1.29 is 9.16 Å². The molecule has 1 heterocycles. The lowest BCUT2D eigenvalue weighted by Crippen LogP contribution is -2.44. The molecule has 1 aromatic rings. The van der Waals surface area contributed by atoms with E-state index in [9.17, 15) is 0 Å². The predicted molar refractivity (Wildman–Crippen MR) is 91.2 cm³/mol. The van der Waals surface area contributed by atoms with Gasteiger partial charge in [-0.05, 0) is 36.5 Å². The van der Waals surface area contributed by atoms with Gasteiger partial charge in [-0.1, -0.05) is 51.1 Å². The molecule has 3 heteroatoms. The van der Waals surface area contributed by atoms with E-state index < -0.39 is 8.32 Å². The molecule has 2 atom stereocenters. The van der Waals surface area contributed by atoms with Crippen LogP contribution in [-0.4, -0.2) is 27.1 Å². The highest BCUT2D eigenvalue weighted by atomic mass is 28.4. The zero-order valence-electron chi connectivity index (χ0n) is 14.2. The molecule has 0 aliphatic carbocycles. The van der Waals surface area contributed by atoms with Gasteiger partial charge in [-0.2, -0.15) is 0 Å². The molecule has 2 rings (SSSR count). The first kappa shape index (κ1) is 16.7. The first-order valence-corrected chi connectivity index (χ1v) is 11.0. The van der Waals surface area contributed by atoms with Crippen LogP contribution in [0.1, 0.15) is 39.2 Å². The average Bonchev–Trinajstić information content (AvgIpc) is 3.19. The number of rotatable bonds is 7. The van der Waals surface area contributed by atoms with E-state index in [0.717, 1.165) is 25.9 Å². The lowest BCUT2D eigenvalue weighted by atomic mass is 10.0. The normalized spacial score (nSPS) is 20.3. The molecule has 21 heavy (non-hydrogen) atoms. The summed E-state index contributed by atoms with van der Waals surface area (Å²) in [4.78, 5) is 0. The average molecular weight is 307 g/mol. The fourth-order valence-corrected chi connectivity index (χ4v) is 3.69. The molecule has 0 amide bonds. The van der Waals surface area contributed by atoms with Gasteiger partial charge < -0.3 is 9.16 Å². The number of hydrogen-bond donors (Lipinski definition) is 0. The number of hydrogen-bond acceptors (Lipinski definition) is 2. The third-order valence-electron chi connectivity index (χ3n) is 4.79. The molecule has 1 fully saturated rings. The van der Waals surface area contributed by atoms with Crippen molar-refractivity contribution >= 4 is 8.32 Å². The molecule has 1 aromatic carbocycles. The van der Waals surface area contributed by atoms with Crippen molar-refractivity contribution in [1.29, 1.82) is 0 Å². The topological polar surface area (TPSA) is 21.8 Å². The SMILES string of the molecule is CC(C)(C)[Si](C)(C)O[C@H](CCc1ccccc1)C[C@@H]1CO1. The molecule has 1 saturated heterocycles. The Hall–Kier alpha value is -0.643. The Kier molecular flexibility index (Phi) is 5.28. The van der Waals surface area contributed by atoms with Gasteiger partial charge in [-0.25, -0.2) is 0 Å². The van der Waals surface area contributed by atoms with Gasteiger partial charge in [0, 0.05) is 12.5 Å². The Balaban J connectivity index is 1.94. The van der Waals surface area contributed by atoms with Crippen LogP contribution in [0.5, 0.6) is 0 Å². The summed E-state index contributed by atoms with van der Waals surface area (Å²) >= 11 is 0. The van der Waals surface area contributed by atoms with Crippen molar-refractivity contribution in [2.75, 3.05) is 6.61 Å². The molecule has 0 bridgehead atoms. The molecule has 0 spiro atoms. The minimum Gasteiger partial charge on any atom is -0.414 e. The smallest absolute Gasteiger partial charge is 0.192 e. The van der Waals surface area contributed by atoms with Crippen molar-refractivity contribution in [1.82, 2.24) is 0 Å². The van der Waals surface area contributed by atoms with Gasteiger partial charge in [0.2, 0.25) is 0 Å². The molecule has 0 unspecified atom stereocenters. The Bertz CT molecular complexity index is 432. The van der Waals surface area contributed by atoms with Crippen LogP contribution in [0.3, 0.4) is 0 Å². The fraction of sp³-hybridized carbons (Fsp3) is 0.667. The highest BCUT2D eigenvalue weighted by molar-refractivity contribution is 6.74. The van der Waals surface area contributed by atoms with Crippen LogP contribution >= 0.6 is 0 Å². The van der Waals surface area contributed by atoms with E-state index in [4.69, 9.17) is 9.16 Å². The Morgan fingerprint density at radius 2 is 1.86 bits per heavy atom. The molecular formula is C18H30O2Si. The molecule has 1 aliphatic rings. The van der Waals surface area contributed by atoms with Gasteiger partial charge >= 0.3 is 0 Å². The molecule has 0 saturated carbocycles. The van der Waals surface area contributed by atoms with Crippen molar-refractivity contribution in [2.24, 2.45) is 0 Å². The third kappa shape index (κ3) is 5.24. The van der Waals surface area contributed by atoms with Gasteiger partial charge in [0.25, 0.3) is 0 Å². The van der Waals surface area contributed by atoms with E-state index in [1.54, 1.807) is 0 Å². The summed E-state index contributed by atoms with van der Waals surface area (Å²) in [6, 6.07) is 10.7. The first-order valence-electron chi connectivity index (χ1n) is 8.11. The summed E-state index contributed by atoms with van der Waals surface area (Å²) in [5, 5.41) is 0.266. The van der Waals surface area contributed by atoms with Crippen molar-refractivity contribution in [3.8, 4) is 0 Å². The van der Waals surface area contributed by atoms with Crippen LogP contribution in [0.2, 0.25) is 18.1 Å². The zero-order chi connectivity index (χ0) is 15.5. The monoisotopic (exact) mass is 306 g/mol. The minimum absolute atomic E-state index is 0.266. The highest BCUT2D eigenvalue weighted by Crippen LogP contribution is 2.38. The molecule has 0 N–H and O–H groups in total. The fourth-order valence-electron chi connectivity index (χ4n) is 2.29.